The standard InChI is InChI=1S/C13H16BrN3O3S/c14-6-9-5-10(16-20-9)11-7-21-12(15-11)8-1-3-17(4-2-8)13(18)19/h7-9H,1-6H2,(H,18,19). The van der Waals surface area contributed by atoms with Crippen molar-refractivity contribution in [2.24, 2.45) is 5.16 Å². The fraction of sp³-hybridized carbons (Fsp3) is 0.615. The summed E-state index contributed by atoms with van der Waals surface area (Å²) < 4.78 is 0. The predicted molar refractivity (Wildman–Crippen MR) is 83.5 cm³/mol. The summed E-state index contributed by atoms with van der Waals surface area (Å²) in [6.07, 6.45) is 1.74. The van der Waals surface area contributed by atoms with Crippen LogP contribution in [0.25, 0.3) is 0 Å². The molecule has 1 saturated heterocycles. The summed E-state index contributed by atoms with van der Waals surface area (Å²) >= 11 is 5.03. The molecule has 0 aliphatic carbocycles. The number of oxime groups is 1. The Kier molecular flexibility index (Phi) is 4.44. The first-order valence-electron chi connectivity index (χ1n) is 6.89. The van der Waals surface area contributed by atoms with E-state index in [1.807, 2.05) is 5.38 Å². The molecule has 0 bridgehead atoms. The molecule has 2 aliphatic heterocycles. The lowest BCUT2D eigenvalue weighted by Crippen LogP contribution is -2.36. The molecule has 3 heterocycles. The zero-order chi connectivity index (χ0) is 14.8. The molecule has 2 aliphatic rings. The van der Waals surface area contributed by atoms with Crippen LogP contribution < -0.4 is 0 Å². The molecular weight excluding hydrogens is 358 g/mol. The number of rotatable bonds is 3. The summed E-state index contributed by atoms with van der Waals surface area (Å²) in [5, 5.41) is 16.9. The van der Waals surface area contributed by atoms with Crippen molar-refractivity contribution in [1.82, 2.24) is 9.88 Å². The van der Waals surface area contributed by atoms with Gasteiger partial charge in [0.2, 0.25) is 0 Å². The number of aromatic nitrogens is 1. The van der Waals surface area contributed by atoms with Gasteiger partial charge in [-0.05, 0) is 12.8 Å². The van der Waals surface area contributed by atoms with Crippen LogP contribution in [0.3, 0.4) is 0 Å². The van der Waals surface area contributed by atoms with Crippen molar-refractivity contribution in [2.75, 3.05) is 18.4 Å². The number of hydrogen-bond acceptors (Lipinski definition) is 5. The number of carboxylic acid groups (broad SMARTS) is 1. The lowest BCUT2D eigenvalue weighted by atomic mass is 9.98. The van der Waals surface area contributed by atoms with Gasteiger partial charge in [0.15, 0.2) is 0 Å². The van der Waals surface area contributed by atoms with Gasteiger partial charge in [-0.3, -0.25) is 0 Å². The summed E-state index contributed by atoms with van der Waals surface area (Å²) in [7, 11) is 0. The van der Waals surface area contributed by atoms with Crippen LogP contribution in [0.15, 0.2) is 10.5 Å². The van der Waals surface area contributed by atoms with Crippen molar-refractivity contribution >= 4 is 39.1 Å². The van der Waals surface area contributed by atoms with Crippen molar-refractivity contribution < 1.29 is 14.7 Å². The van der Waals surface area contributed by atoms with Gasteiger partial charge in [-0.15, -0.1) is 11.3 Å². The molecule has 6 nitrogen and oxygen atoms in total. The van der Waals surface area contributed by atoms with E-state index in [-0.39, 0.29) is 6.10 Å². The monoisotopic (exact) mass is 373 g/mol. The Morgan fingerprint density at radius 1 is 1.52 bits per heavy atom. The minimum Gasteiger partial charge on any atom is -0.465 e. The molecule has 1 fully saturated rings. The maximum Gasteiger partial charge on any atom is 0.407 e. The van der Waals surface area contributed by atoms with Gasteiger partial charge in [-0.2, -0.15) is 0 Å². The summed E-state index contributed by atoms with van der Waals surface area (Å²) in [5.41, 5.74) is 1.81. The molecule has 1 atom stereocenters. The van der Waals surface area contributed by atoms with Gasteiger partial charge < -0.3 is 14.8 Å². The highest BCUT2D eigenvalue weighted by Gasteiger charge is 2.27. The van der Waals surface area contributed by atoms with Crippen LogP contribution in [0.4, 0.5) is 4.79 Å². The van der Waals surface area contributed by atoms with E-state index in [4.69, 9.17) is 9.94 Å². The van der Waals surface area contributed by atoms with E-state index in [1.165, 1.54) is 4.90 Å². The van der Waals surface area contributed by atoms with Crippen LogP contribution in [-0.2, 0) is 4.84 Å². The average Bonchev–Trinajstić information content (AvgIpc) is 3.16. The highest BCUT2D eigenvalue weighted by atomic mass is 79.9. The molecule has 1 N–H and O–H groups in total. The second-order valence-corrected chi connectivity index (χ2v) is 6.78. The lowest BCUT2D eigenvalue weighted by Gasteiger charge is -2.28. The third-order valence-corrected chi connectivity index (χ3v) is 5.57. The average molecular weight is 374 g/mol. The van der Waals surface area contributed by atoms with E-state index in [0.717, 1.165) is 41.0 Å². The zero-order valence-electron chi connectivity index (χ0n) is 11.4. The Morgan fingerprint density at radius 3 is 2.90 bits per heavy atom. The highest BCUT2D eigenvalue weighted by Crippen LogP contribution is 2.31. The van der Waals surface area contributed by atoms with E-state index < -0.39 is 6.09 Å². The smallest absolute Gasteiger partial charge is 0.407 e. The van der Waals surface area contributed by atoms with Crippen LogP contribution in [0.1, 0.15) is 35.9 Å². The van der Waals surface area contributed by atoms with E-state index in [9.17, 15) is 4.79 Å². The first-order valence-corrected chi connectivity index (χ1v) is 8.89. The second kappa shape index (κ2) is 6.31. The fourth-order valence-corrected chi connectivity index (χ4v) is 3.94. The van der Waals surface area contributed by atoms with E-state index >= 15 is 0 Å². The molecule has 0 saturated carbocycles. The van der Waals surface area contributed by atoms with Gasteiger partial charge in [-0.1, -0.05) is 21.1 Å². The third-order valence-electron chi connectivity index (χ3n) is 3.84. The molecule has 21 heavy (non-hydrogen) atoms. The number of amides is 1. The second-order valence-electron chi connectivity index (χ2n) is 5.24. The van der Waals surface area contributed by atoms with E-state index in [1.54, 1.807) is 11.3 Å². The SMILES string of the molecule is O=C(O)N1CCC(c2nc(C3=NOC(CBr)C3)cs2)CC1. The van der Waals surface area contributed by atoms with Gasteiger partial charge >= 0.3 is 6.09 Å². The molecule has 0 radical (unpaired) electrons. The van der Waals surface area contributed by atoms with Crippen molar-refractivity contribution in [2.45, 2.75) is 31.3 Å². The number of thiazole rings is 1. The van der Waals surface area contributed by atoms with Crippen LogP contribution >= 0.6 is 27.3 Å². The van der Waals surface area contributed by atoms with Gasteiger partial charge in [-0.25, -0.2) is 9.78 Å². The van der Waals surface area contributed by atoms with Gasteiger partial charge in [0, 0.05) is 36.1 Å². The first kappa shape index (κ1) is 14.8. The number of halogens is 1. The zero-order valence-corrected chi connectivity index (χ0v) is 13.8. The minimum atomic E-state index is -0.827. The number of likely N-dealkylation sites (tertiary alicyclic amines) is 1. The Hall–Kier alpha value is -1.15. The Balaban J connectivity index is 1.62. The van der Waals surface area contributed by atoms with Crippen molar-refractivity contribution in [3.8, 4) is 0 Å². The van der Waals surface area contributed by atoms with Gasteiger partial charge in [0.1, 0.15) is 11.8 Å². The summed E-state index contributed by atoms with van der Waals surface area (Å²) in [5.74, 6) is 0.356. The Bertz CT molecular complexity index is 555. The molecular formula is C13H16BrN3O3S. The molecule has 114 valence electrons. The molecule has 1 amide bonds. The number of piperidine rings is 1. The summed E-state index contributed by atoms with van der Waals surface area (Å²) in [4.78, 5) is 22.4. The number of carbonyl (C=O) groups is 1. The minimum absolute atomic E-state index is 0.101. The maximum atomic E-state index is 10.9. The summed E-state index contributed by atoms with van der Waals surface area (Å²) in [6, 6.07) is 0. The van der Waals surface area contributed by atoms with Gasteiger partial charge in [0.25, 0.3) is 0 Å². The Labute approximate surface area is 134 Å². The highest BCUT2D eigenvalue weighted by molar-refractivity contribution is 9.09. The van der Waals surface area contributed by atoms with E-state index in [2.05, 4.69) is 26.1 Å². The van der Waals surface area contributed by atoms with Crippen LogP contribution in [0.5, 0.6) is 0 Å². The number of alkyl halides is 1. The quantitative estimate of drug-likeness (QED) is 0.826. The summed E-state index contributed by atoms with van der Waals surface area (Å²) in [6.45, 7) is 1.18. The number of hydrogen-bond donors (Lipinski definition) is 1. The first-order chi connectivity index (χ1) is 10.2. The molecule has 1 aromatic rings. The largest absolute Gasteiger partial charge is 0.465 e. The molecule has 1 aromatic heterocycles. The molecule has 3 rings (SSSR count). The van der Waals surface area contributed by atoms with Gasteiger partial charge in [0.05, 0.1) is 10.7 Å². The van der Waals surface area contributed by atoms with Crippen molar-refractivity contribution in [3.63, 3.8) is 0 Å². The molecule has 8 heteroatoms. The lowest BCUT2D eigenvalue weighted by molar-refractivity contribution is 0.104. The van der Waals surface area contributed by atoms with Crippen LogP contribution in [-0.4, -0.2) is 51.3 Å². The predicted octanol–water partition coefficient (Wildman–Crippen LogP) is 2.89. The molecule has 0 spiro atoms. The molecule has 1 unspecified atom stereocenters. The van der Waals surface area contributed by atoms with E-state index in [0.29, 0.717) is 19.0 Å². The van der Waals surface area contributed by atoms with Crippen molar-refractivity contribution in [3.05, 3.63) is 16.1 Å². The normalized spacial score (nSPS) is 23.0. The number of nitrogens with zero attached hydrogens (tertiary/aromatic N) is 3. The maximum absolute atomic E-state index is 10.9. The molecule has 0 aromatic carbocycles. The van der Waals surface area contributed by atoms with Crippen molar-refractivity contribution in [1.29, 1.82) is 0 Å². The third kappa shape index (κ3) is 3.21. The Morgan fingerprint density at radius 2 is 2.29 bits per heavy atom. The fourth-order valence-electron chi connectivity index (χ4n) is 2.59. The van der Waals surface area contributed by atoms with Crippen LogP contribution in [0.2, 0.25) is 0 Å². The topological polar surface area (TPSA) is 75.0 Å². The van der Waals surface area contributed by atoms with Crippen LogP contribution in [0, 0.1) is 0 Å².